The summed E-state index contributed by atoms with van der Waals surface area (Å²) in [5.74, 6) is -0.0826. The molecule has 0 aromatic rings. The standard InChI is InChI=1S/C12H17N3OS/c1-7-6-15(3)8(2)10(11(7)16)4-9(5-13)12(14)17/h4,7-8,10H,6H2,1-3H3,(H2,14,17)/p+1/b9-4-/t7-,8+,10-/m1/s1. The maximum atomic E-state index is 12.1. The first kappa shape index (κ1) is 13.8. The Bertz CT molecular complexity index is 410. The summed E-state index contributed by atoms with van der Waals surface area (Å²) in [5, 5.41) is 8.93. The van der Waals surface area contributed by atoms with Crippen LogP contribution in [0.4, 0.5) is 0 Å². The zero-order chi connectivity index (χ0) is 13.2. The highest BCUT2D eigenvalue weighted by Gasteiger charge is 2.39. The molecule has 17 heavy (non-hydrogen) atoms. The molecule has 4 atom stereocenters. The van der Waals surface area contributed by atoms with Crippen LogP contribution in [-0.2, 0) is 4.79 Å². The summed E-state index contributed by atoms with van der Waals surface area (Å²) >= 11 is 4.79. The van der Waals surface area contributed by atoms with Gasteiger partial charge in [0.1, 0.15) is 11.1 Å². The Morgan fingerprint density at radius 2 is 2.24 bits per heavy atom. The van der Waals surface area contributed by atoms with Gasteiger partial charge in [0, 0.05) is 0 Å². The molecule has 0 radical (unpaired) electrons. The summed E-state index contributed by atoms with van der Waals surface area (Å²) in [6, 6.07) is 2.10. The van der Waals surface area contributed by atoms with Crippen molar-refractivity contribution in [3.63, 3.8) is 0 Å². The molecule has 0 amide bonds. The van der Waals surface area contributed by atoms with Crippen molar-refractivity contribution in [2.75, 3.05) is 13.6 Å². The third kappa shape index (κ3) is 2.90. The van der Waals surface area contributed by atoms with E-state index in [9.17, 15) is 4.79 Å². The Hall–Kier alpha value is -1.25. The summed E-state index contributed by atoms with van der Waals surface area (Å²) in [4.78, 5) is 13.5. The van der Waals surface area contributed by atoms with E-state index in [0.29, 0.717) is 0 Å². The predicted molar refractivity (Wildman–Crippen MR) is 69.4 cm³/mol. The lowest BCUT2D eigenvalue weighted by Gasteiger charge is -2.34. The monoisotopic (exact) mass is 252 g/mol. The number of likely N-dealkylation sites (tertiary alicyclic amines) is 1. The third-order valence-corrected chi connectivity index (χ3v) is 3.71. The number of Topliss-reactive ketones (excluding diaryl/α,β-unsaturated/α-hetero) is 1. The molecule has 1 aliphatic rings. The van der Waals surface area contributed by atoms with Gasteiger partial charge in [-0.2, -0.15) is 5.26 Å². The van der Waals surface area contributed by atoms with Crippen molar-refractivity contribution in [1.29, 1.82) is 5.26 Å². The van der Waals surface area contributed by atoms with Gasteiger partial charge >= 0.3 is 0 Å². The molecule has 3 N–H and O–H groups in total. The molecule has 0 aromatic heterocycles. The number of nitriles is 1. The van der Waals surface area contributed by atoms with Crippen molar-refractivity contribution < 1.29 is 9.69 Å². The Kier molecular flexibility index (Phi) is 4.38. The zero-order valence-corrected chi connectivity index (χ0v) is 11.2. The molecule has 0 spiro atoms. The molecule has 0 saturated carbocycles. The number of carbonyl (C=O) groups is 1. The molecule has 1 rings (SSSR count). The van der Waals surface area contributed by atoms with Gasteiger partial charge in [0.25, 0.3) is 0 Å². The van der Waals surface area contributed by atoms with E-state index in [0.717, 1.165) is 6.54 Å². The summed E-state index contributed by atoms with van der Waals surface area (Å²) < 4.78 is 0. The first-order valence-corrected chi connectivity index (χ1v) is 6.07. The van der Waals surface area contributed by atoms with Gasteiger partial charge in [-0.15, -0.1) is 0 Å². The summed E-state index contributed by atoms with van der Waals surface area (Å²) in [6.07, 6.45) is 1.63. The first-order chi connectivity index (χ1) is 7.88. The fourth-order valence-corrected chi connectivity index (χ4v) is 2.35. The number of thiocarbonyl (C=S) groups is 1. The number of quaternary nitrogens is 1. The molecule has 1 fully saturated rings. The van der Waals surface area contributed by atoms with E-state index in [2.05, 4.69) is 7.05 Å². The molecule has 5 heteroatoms. The third-order valence-electron chi connectivity index (χ3n) is 3.49. The molecule has 0 bridgehead atoms. The van der Waals surface area contributed by atoms with Crippen LogP contribution in [0.15, 0.2) is 11.6 Å². The van der Waals surface area contributed by atoms with Crippen LogP contribution in [0.3, 0.4) is 0 Å². The Morgan fingerprint density at radius 3 is 2.71 bits per heavy atom. The Morgan fingerprint density at radius 1 is 1.65 bits per heavy atom. The normalized spacial score (nSPS) is 34.2. The van der Waals surface area contributed by atoms with Crippen molar-refractivity contribution in [3.8, 4) is 6.07 Å². The highest BCUT2D eigenvalue weighted by Crippen LogP contribution is 2.17. The van der Waals surface area contributed by atoms with E-state index < -0.39 is 0 Å². The van der Waals surface area contributed by atoms with Crippen LogP contribution in [0, 0.1) is 23.2 Å². The fraction of sp³-hybridized carbons (Fsp3) is 0.583. The smallest absolute Gasteiger partial charge is 0.154 e. The summed E-state index contributed by atoms with van der Waals surface area (Å²) in [7, 11) is 2.06. The highest BCUT2D eigenvalue weighted by atomic mass is 32.1. The molecular weight excluding hydrogens is 234 g/mol. The number of nitrogens with zero attached hydrogens (tertiary/aromatic N) is 1. The lowest BCUT2D eigenvalue weighted by atomic mass is 9.82. The van der Waals surface area contributed by atoms with Crippen LogP contribution in [0.5, 0.6) is 0 Å². The Balaban J connectivity index is 3.05. The molecule has 1 unspecified atom stereocenters. The van der Waals surface area contributed by atoms with Crippen molar-refractivity contribution in [2.45, 2.75) is 19.9 Å². The number of nitrogens with two attached hydrogens (primary N) is 1. The number of hydrogen-bond donors (Lipinski definition) is 2. The van der Waals surface area contributed by atoms with Gasteiger partial charge < -0.3 is 10.6 Å². The maximum absolute atomic E-state index is 12.1. The van der Waals surface area contributed by atoms with Gasteiger partial charge in [-0.1, -0.05) is 19.1 Å². The van der Waals surface area contributed by atoms with Crippen LogP contribution >= 0.6 is 12.2 Å². The molecule has 92 valence electrons. The van der Waals surface area contributed by atoms with Crippen LogP contribution in [-0.4, -0.2) is 30.4 Å². The lowest BCUT2D eigenvalue weighted by molar-refractivity contribution is -0.911. The number of nitrogens with one attached hydrogen (secondary N) is 1. The van der Waals surface area contributed by atoms with E-state index in [4.69, 9.17) is 23.2 Å². The van der Waals surface area contributed by atoms with E-state index in [1.54, 1.807) is 6.08 Å². The van der Waals surface area contributed by atoms with Crippen LogP contribution < -0.4 is 10.6 Å². The van der Waals surface area contributed by atoms with Gasteiger partial charge in [0.05, 0.1) is 37.0 Å². The maximum Gasteiger partial charge on any atom is 0.154 e. The van der Waals surface area contributed by atoms with Crippen LogP contribution in [0.2, 0.25) is 0 Å². The van der Waals surface area contributed by atoms with E-state index in [-0.39, 0.29) is 34.2 Å². The molecule has 1 saturated heterocycles. The summed E-state index contributed by atoms with van der Waals surface area (Å²) in [5.41, 5.74) is 5.69. The van der Waals surface area contributed by atoms with E-state index in [1.165, 1.54) is 4.90 Å². The fourth-order valence-electron chi connectivity index (χ4n) is 2.23. The minimum atomic E-state index is -0.269. The molecule has 1 aliphatic heterocycles. The average Bonchev–Trinajstić information content (AvgIpc) is 2.26. The highest BCUT2D eigenvalue weighted by molar-refractivity contribution is 7.80. The van der Waals surface area contributed by atoms with Gasteiger partial charge in [-0.25, -0.2) is 0 Å². The van der Waals surface area contributed by atoms with E-state index in [1.807, 2.05) is 19.9 Å². The average molecular weight is 252 g/mol. The van der Waals surface area contributed by atoms with Gasteiger partial charge in [-0.05, 0) is 13.0 Å². The quantitative estimate of drug-likeness (QED) is 0.393. The van der Waals surface area contributed by atoms with Gasteiger partial charge in [0.2, 0.25) is 0 Å². The number of hydrogen-bond acceptors (Lipinski definition) is 3. The van der Waals surface area contributed by atoms with Crippen molar-refractivity contribution in [3.05, 3.63) is 11.6 Å². The minimum absolute atomic E-state index is 0.0127. The van der Waals surface area contributed by atoms with Crippen molar-refractivity contribution >= 4 is 23.0 Å². The number of ketones is 1. The summed E-state index contributed by atoms with van der Waals surface area (Å²) in [6.45, 7) is 4.76. The Labute approximate surface area is 107 Å². The second kappa shape index (κ2) is 5.39. The number of carbonyl (C=O) groups excluding carboxylic acids is 1. The van der Waals surface area contributed by atoms with Crippen molar-refractivity contribution in [2.24, 2.45) is 17.6 Å². The van der Waals surface area contributed by atoms with Crippen LogP contribution in [0.1, 0.15) is 13.8 Å². The number of rotatable bonds is 2. The SMILES string of the molecule is C[C@@H]1C[NH+](C)[C@@H](C)[C@@H](/C=C(/C#N)C(N)=S)C1=O. The second-order valence-electron chi connectivity index (χ2n) is 4.72. The molecule has 0 aromatic carbocycles. The second-order valence-corrected chi connectivity index (χ2v) is 5.16. The van der Waals surface area contributed by atoms with Crippen molar-refractivity contribution in [1.82, 2.24) is 0 Å². The topological polar surface area (TPSA) is 71.3 Å². The largest absolute Gasteiger partial charge is 0.389 e. The van der Waals surface area contributed by atoms with E-state index >= 15 is 0 Å². The predicted octanol–water partition coefficient (Wildman–Crippen LogP) is -0.539. The van der Waals surface area contributed by atoms with Gasteiger partial charge in [-0.3, -0.25) is 4.79 Å². The zero-order valence-electron chi connectivity index (χ0n) is 10.4. The lowest BCUT2D eigenvalue weighted by Crippen LogP contribution is -3.15. The number of piperidine rings is 1. The minimum Gasteiger partial charge on any atom is -0.389 e. The molecule has 4 nitrogen and oxygen atoms in total. The van der Waals surface area contributed by atoms with Crippen LogP contribution in [0.25, 0.3) is 0 Å². The first-order valence-electron chi connectivity index (χ1n) is 5.66. The molecule has 1 heterocycles. The molecular formula is C12H18N3OS+. The van der Waals surface area contributed by atoms with Gasteiger partial charge in [0.15, 0.2) is 5.78 Å². The molecule has 0 aliphatic carbocycles.